The number of ether oxygens (including phenoxy) is 1. The number of primary amides is 1. The molecule has 0 radical (unpaired) electrons. The van der Waals surface area contributed by atoms with E-state index in [2.05, 4.69) is 4.72 Å². The van der Waals surface area contributed by atoms with Crippen molar-refractivity contribution >= 4 is 62.1 Å². The van der Waals surface area contributed by atoms with Crippen LogP contribution in [0, 0.1) is 10.1 Å². The van der Waals surface area contributed by atoms with Crippen LogP contribution in [0.3, 0.4) is 0 Å². The number of carbonyl (C=O) groups is 1. The van der Waals surface area contributed by atoms with Crippen molar-refractivity contribution in [3.63, 3.8) is 0 Å². The molecule has 0 bridgehead atoms. The minimum atomic E-state index is -4.21. The van der Waals surface area contributed by atoms with Gasteiger partial charge in [-0.05, 0) is 30.3 Å². The van der Waals surface area contributed by atoms with Gasteiger partial charge >= 0.3 is 0 Å². The number of hydrogen-bond acceptors (Lipinski definition) is 6. The number of anilines is 1. The monoisotopic (exact) mass is 515 g/mol. The summed E-state index contributed by atoms with van der Waals surface area (Å²) in [6.45, 7) is 0. The van der Waals surface area contributed by atoms with Gasteiger partial charge in [-0.1, -0.05) is 46.9 Å². The number of halogens is 3. The molecule has 0 aromatic heterocycles. The second kappa shape index (κ2) is 9.21. The maximum absolute atomic E-state index is 12.8. The summed E-state index contributed by atoms with van der Waals surface area (Å²) in [5.74, 6) is -0.908. The van der Waals surface area contributed by atoms with Crippen LogP contribution in [-0.2, 0) is 10.0 Å². The first-order valence-corrected chi connectivity index (χ1v) is 11.1. The molecule has 1 amide bonds. The number of nitrogens with one attached hydrogen (secondary N) is 1. The molecule has 32 heavy (non-hydrogen) atoms. The van der Waals surface area contributed by atoms with Crippen LogP contribution in [-0.4, -0.2) is 19.2 Å². The highest BCUT2D eigenvalue weighted by atomic mass is 35.5. The van der Waals surface area contributed by atoms with Crippen molar-refractivity contribution in [1.29, 1.82) is 0 Å². The second-order valence-corrected chi connectivity index (χ2v) is 9.11. The predicted octanol–water partition coefficient (Wildman–Crippen LogP) is 5.25. The Balaban J connectivity index is 1.94. The summed E-state index contributed by atoms with van der Waals surface area (Å²) < 4.78 is 33.4. The minimum absolute atomic E-state index is 0.0187. The van der Waals surface area contributed by atoms with E-state index in [0.717, 1.165) is 18.2 Å². The Kier molecular flexibility index (Phi) is 6.79. The molecule has 0 saturated heterocycles. The van der Waals surface area contributed by atoms with Crippen molar-refractivity contribution < 1.29 is 22.9 Å². The topological polar surface area (TPSA) is 142 Å². The van der Waals surface area contributed by atoms with Crippen LogP contribution in [0.2, 0.25) is 15.1 Å². The van der Waals surface area contributed by atoms with Crippen molar-refractivity contribution in [2.75, 3.05) is 4.72 Å². The molecule has 0 fully saturated rings. The molecule has 0 unspecified atom stereocenters. The number of amides is 1. The number of rotatable bonds is 7. The van der Waals surface area contributed by atoms with Gasteiger partial charge in [-0.15, -0.1) is 0 Å². The molecule has 3 aromatic rings. The van der Waals surface area contributed by atoms with Crippen molar-refractivity contribution in [1.82, 2.24) is 0 Å². The van der Waals surface area contributed by atoms with Crippen molar-refractivity contribution in [2.45, 2.75) is 4.90 Å². The molecular formula is C19H12Cl3N3O6S. The molecule has 0 aliphatic carbocycles. The Morgan fingerprint density at radius 3 is 2.19 bits per heavy atom. The Hall–Kier alpha value is -3.05. The lowest BCUT2D eigenvalue weighted by atomic mass is 10.2. The molecule has 166 valence electrons. The molecule has 0 saturated carbocycles. The zero-order valence-corrected chi connectivity index (χ0v) is 18.8. The van der Waals surface area contributed by atoms with Gasteiger partial charge in [0.15, 0.2) is 5.75 Å². The quantitative estimate of drug-likeness (QED) is 0.324. The number of nitro groups is 1. The third-order valence-electron chi connectivity index (χ3n) is 4.06. The van der Waals surface area contributed by atoms with Gasteiger partial charge in [0.05, 0.1) is 36.1 Å². The summed E-state index contributed by atoms with van der Waals surface area (Å²) in [5.41, 5.74) is 4.97. The number of non-ortho nitro benzene ring substituents is 1. The number of carbonyl (C=O) groups excluding carboxylic acids is 1. The summed E-state index contributed by atoms with van der Waals surface area (Å²) >= 11 is 18.4. The Bertz CT molecular complexity index is 1320. The van der Waals surface area contributed by atoms with Gasteiger partial charge in [-0.2, -0.15) is 0 Å². The van der Waals surface area contributed by atoms with Crippen molar-refractivity contribution in [2.24, 2.45) is 5.73 Å². The number of nitro benzene ring substituents is 1. The fraction of sp³-hybridized carbons (Fsp3) is 0. The lowest BCUT2D eigenvalue weighted by Gasteiger charge is -2.14. The number of sulfonamides is 1. The predicted molar refractivity (Wildman–Crippen MR) is 120 cm³/mol. The first-order chi connectivity index (χ1) is 15.0. The summed E-state index contributed by atoms with van der Waals surface area (Å²) in [6.07, 6.45) is 0. The first kappa shape index (κ1) is 23.6. The summed E-state index contributed by atoms with van der Waals surface area (Å²) in [6, 6.07) is 11.4. The standard InChI is InChI=1S/C19H12Cl3N3O6S/c20-13-7-10(25(27)28)5-6-17(13)31-18-14(21)8-11(9-15(18)22)32(29,30)24-16-4-2-1-3-12(16)19(23)26/h1-9,24H,(H2,23,26). The highest BCUT2D eigenvalue weighted by Gasteiger charge is 2.22. The van der Waals surface area contributed by atoms with Crippen LogP contribution < -0.4 is 15.2 Å². The van der Waals surface area contributed by atoms with Gasteiger partial charge in [0.2, 0.25) is 0 Å². The number of para-hydroxylation sites is 1. The van der Waals surface area contributed by atoms with E-state index in [-0.39, 0.29) is 48.4 Å². The molecule has 0 spiro atoms. The Morgan fingerprint density at radius 1 is 1.00 bits per heavy atom. The third kappa shape index (κ3) is 5.05. The van der Waals surface area contributed by atoms with Gasteiger partial charge in [0, 0.05) is 12.1 Å². The molecular weight excluding hydrogens is 505 g/mol. The SMILES string of the molecule is NC(=O)c1ccccc1NS(=O)(=O)c1cc(Cl)c(Oc2ccc([N+](=O)[O-])cc2Cl)c(Cl)c1. The molecule has 0 atom stereocenters. The van der Waals surface area contributed by atoms with E-state index in [4.69, 9.17) is 45.3 Å². The van der Waals surface area contributed by atoms with Gasteiger partial charge in [-0.3, -0.25) is 19.6 Å². The zero-order valence-electron chi connectivity index (χ0n) is 15.7. The maximum Gasteiger partial charge on any atom is 0.271 e. The number of hydrogen-bond donors (Lipinski definition) is 2. The van der Waals surface area contributed by atoms with Crippen molar-refractivity contribution in [3.8, 4) is 11.5 Å². The minimum Gasteiger partial charge on any atom is -0.453 e. The Labute approximate surface area is 196 Å². The molecule has 3 N–H and O–H groups in total. The molecule has 9 nitrogen and oxygen atoms in total. The largest absolute Gasteiger partial charge is 0.453 e. The highest BCUT2D eigenvalue weighted by Crippen LogP contribution is 2.41. The van der Waals surface area contributed by atoms with E-state index in [1.165, 1.54) is 36.4 Å². The van der Waals surface area contributed by atoms with E-state index in [1.54, 1.807) is 0 Å². The van der Waals surface area contributed by atoms with Gasteiger partial charge in [0.25, 0.3) is 21.6 Å². The lowest BCUT2D eigenvalue weighted by molar-refractivity contribution is -0.384. The van der Waals surface area contributed by atoms with Crippen LogP contribution >= 0.6 is 34.8 Å². The van der Waals surface area contributed by atoms with E-state index in [1.807, 2.05) is 0 Å². The normalized spacial score (nSPS) is 11.1. The summed E-state index contributed by atoms with van der Waals surface area (Å²) in [4.78, 5) is 21.4. The number of nitrogens with zero attached hydrogens (tertiary/aromatic N) is 1. The highest BCUT2D eigenvalue weighted by molar-refractivity contribution is 7.92. The molecule has 0 aliphatic heterocycles. The molecule has 3 rings (SSSR count). The average Bonchev–Trinajstić information content (AvgIpc) is 2.71. The van der Waals surface area contributed by atoms with Crippen LogP contribution in [0.1, 0.15) is 10.4 Å². The third-order valence-corrected chi connectivity index (χ3v) is 6.26. The molecule has 3 aromatic carbocycles. The Morgan fingerprint density at radius 2 is 1.62 bits per heavy atom. The van der Waals surface area contributed by atoms with Gasteiger partial charge in [-0.25, -0.2) is 8.42 Å². The van der Waals surface area contributed by atoms with Crippen molar-refractivity contribution in [3.05, 3.63) is 85.3 Å². The fourth-order valence-corrected chi connectivity index (χ4v) is 4.61. The number of benzene rings is 3. The van der Waals surface area contributed by atoms with Gasteiger partial charge < -0.3 is 10.5 Å². The van der Waals surface area contributed by atoms with Crippen LogP contribution in [0.5, 0.6) is 11.5 Å². The lowest BCUT2D eigenvalue weighted by Crippen LogP contribution is -2.18. The average molecular weight is 517 g/mol. The smallest absolute Gasteiger partial charge is 0.271 e. The first-order valence-electron chi connectivity index (χ1n) is 8.52. The second-order valence-electron chi connectivity index (χ2n) is 6.21. The fourth-order valence-electron chi connectivity index (χ4n) is 2.58. The van der Waals surface area contributed by atoms with Crippen LogP contribution in [0.15, 0.2) is 59.5 Å². The van der Waals surface area contributed by atoms with Crippen LogP contribution in [0.25, 0.3) is 0 Å². The molecule has 0 heterocycles. The number of nitrogens with two attached hydrogens (primary N) is 1. The van der Waals surface area contributed by atoms with Gasteiger partial charge in [0.1, 0.15) is 5.75 Å². The van der Waals surface area contributed by atoms with E-state index in [9.17, 15) is 23.3 Å². The molecule has 13 heteroatoms. The molecule has 0 aliphatic rings. The zero-order chi connectivity index (χ0) is 23.6. The van der Waals surface area contributed by atoms with E-state index in [0.29, 0.717) is 0 Å². The maximum atomic E-state index is 12.8. The summed E-state index contributed by atoms with van der Waals surface area (Å²) in [5, 5.41) is 10.4. The summed E-state index contributed by atoms with van der Waals surface area (Å²) in [7, 11) is -4.21. The van der Waals surface area contributed by atoms with E-state index < -0.39 is 20.9 Å². The van der Waals surface area contributed by atoms with Crippen LogP contribution in [0.4, 0.5) is 11.4 Å². The van der Waals surface area contributed by atoms with E-state index >= 15 is 0 Å².